The maximum atomic E-state index is 12.7. The van der Waals surface area contributed by atoms with Crippen LogP contribution in [0.5, 0.6) is 5.75 Å². The van der Waals surface area contributed by atoms with Crippen molar-refractivity contribution in [3.05, 3.63) is 33.9 Å². The monoisotopic (exact) mass is 420 g/mol. The second-order valence-electron chi connectivity index (χ2n) is 7.34. The van der Waals surface area contributed by atoms with Crippen LogP contribution in [-0.2, 0) is 14.3 Å². The lowest BCUT2D eigenvalue weighted by molar-refractivity contribution is -0.386. The van der Waals surface area contributed by atoms with Gasteiger partial charge in [0.15, 0.2) is 18.3 Å². The summed E-state index contributed by atoms with van der Waals surface area (Å²) in [6, 6.07) is 4.39. The summed E-state index contributed by atoms with van der Waals surface area (Å²) in [6.07, 6.45) is 5.47. The first-order chi connectivity index (χ1) is 14.3. The van der Waals surface area contributed by atoms with Gasteiger partial charge in [0.05, 0.1) is 17.1 Å². The molecule has 0 aromatic heterocycles. The first-order valence-electron chi connectivity index (χ1n) is 10.1. The summed E-state index contributed by atoms with van der Waals surface area (Å²) < 4.78 is 10.6. The molecule has 0 spiro atoms. The minimum Gasteiger partial charge on any atom is -0.487 e. The van der Waals surface area contributed by atoms with Crippen molar-refractivity contribution in [3.8, 4) is 5.75 Å². The van der Waals surface area contributed by atoms with Gasteiger partial charge in [-0.3, -0.25) is 24.5 Å². The molecule has 9 heteroatoms. The number of para-hydroxylation sites is 1. The number of carbonyl (C=O) groups is 3. The van der Waals surface area contributed by atoms with E-state index in [0.29, 0.717) is 6.42 Å². The van der Waals surface area contributed by atoms with E-state index in [2.05, 4.69) is 0 Å². The third-order valence-electron chi connectivity index (χ3n) is 5.10. The van der Waals surface area contributed by atoms with Crippen molar-refractivity contribution < 1.29 is 28.8 Å². The quantitative estimate of drug-likeness (QED) is 0.142. The molecule has 9 nitrogen and oxygen atoms in total. The molecule has 30 heavy (non-hydrogen) atoms. The number of nitro groups is 1. The fourth-order valence-electron chi connectivity index (χ4n) is 3.59. The van der Waals surface area contributed by atoms with Gasteiger partial charge >= 0.3 is 11.7 Å². The second kappa shape index (κ2) is 11.3. The third kappa shape index (κ3) is 6.53. The highest BCUT2D eigenvalue weighted by Gasteiger charge is 2.26. The molecule has 1 saturated carbocycles. The van der Waals surface area contributed by atoms with Crippen molar-refractivity contribution in [2.24, 2.45) is 0 Å². The van der Waals surface area contributed by atoms with Crippen LogP contribution in [0.2, 0.25) is 0 Å². The van der Waals surface area contributed by atoms with Crippen LogP contribution in [0.1, 0.15) is 69.2 Å². The van der Waals surface area contributed by atoms with Crippen molar-refractivity contribution >= 4 is 23.3 Å². The molecule has 1 aliphatic rings. The minimum absolute atomic E-state index is 0.00389. The van der Waals surface area contributed by atoms with Crippen molar-refractivity contribution in [3.63, 3.8) is 0 Å². The molecule has 0 bridgehead atoms. The summed E-state index contributed by atoms with van der Waals surface area (Å²) in [6.45, 7) is 2.58. The van der Waals surface area contributed by atoms with Crippen LogP contribution in [0.4, 0.5) is 5.69 Å². The number of benzene rings is 1. The van der Waals surface area contributed by atoms with Crippen LogP contribution in [0.15, 0.2) is 18.2 Å². The minimum atomic E-state index is -0.638. The highest BCUT2D eigenvalue weighted by molar-refractivity contribution is 5.99. The number of carbonyl (C=O) groups excluding carboxylic acids is 3. The third-order valence-corrected chi connectivity index (χ3v) is 5.10. The lowest BCUT2D eigenvalue weighted by atomic mass is 9.94. The summed E-state index contributed by atoms with van der Waals surface area (Å²) in [5.41, 5.74) is -0.381. The summed E-state index contributed by atoms with van der Waals surface area (Å²) in [4.78, 5) is 47.8. The van der Waals surface area contributed by atoms with E-state index in [4.69, 9.17) is 9.47 Å². The number of ketones is 1. The molecule has 0 radical (unpaired) electrons. The van der Waals surface area contributed by atoms with Crippen LogP contribution in [0, 0.1) is 10.1 Å². The molecular formula is C21H28N2O7. The van der Waals surface area contributed by atoms with Crippen molar-refractivity contribution in [2.75, 3.05) is 13.3 Å². The van der Waals surface area contributed by atoms with Gasteiger partial charge in [-0.1, -0.05) is 25.3 Å². The zero-order valence-corrected chi connectivity index (χ0v) is 17.4. The standard InChI is InChI=1S/C21H28N2O7/c1-15(24)18-10-6-11-19(21(18)23(27)28)29-13-7-12-20(26)22(14-30-16(2)25)17-8-4-3-5-9-17/h6,10-11,17H,3-5,7-9,12-14H2,1-2H3. The lowest BCUT2D eigenvalue weighted by Gasteiger charge is -2.33. The van der Waals surface area contributed by atoms with Gasteiger partial charge in [-0.15, -0.1) is 0 Å². The largest absolute Gasteiger partial charge is 0.487 e. The smallest absolute Gasteiger partial charge is 0.321 e. The molecule has 0 N–H and O–H groups in total. The van der Waals surface area contributed by atoms with E-state index in [1.54, 1.807) is 4.90 Å². The number of nitrogens with zero attached hydrogens (tertiary/aromatic N) is 2. The number of ether oxygens (including phenoxy) is 2. The molecule has 0 heterocycles. The van der Waals surface area contributed by atoms with Gasteiger partial charge in [-0.25, -0.2) is 0 Å². The molecule has 1 aliphatic carbocycles. The summed E-state index contributed by atoms with van der Waals surface area (Å²) in [5, 5.41) is 11.4. The van der Waals surface area contributed by atoms with Gasteiger partial charge in [0, 0.05) is 19.4 Å². The van der Waals surface area contributed by atoms with Gasteiger partial charge in [0.25, 0.3) is 0 Å². The number of Topliss-reactive ketones (excluding diaryl/α,β-unsaturated/α-hetero) is 1. The van der Waals surface area contributed by atoms with E-state index in [9.17, 15) is 24.5 Å². The first-order valence-corrected chi connectivity index (χ1v) is 10.1. The highest BCUT2D eigenvalue weighted by atomic mass is 16.6. The van der Waals surface area contributed by atoms with Crippen molar-refractivity contribution in [1.29, 1.82) is 0 Å². The molecular weight excluding hydrogens is 392 g/mol. The Hall–Kier alpha value is -2.97. The van der Waals surface area contributed by atoms with Crippen LogP contribution >= 0.6 is 0 Å². The molecule has 0 saturated heterocycles. The van der Waals surface area contributed by atoms with Gasteiger partial charge < -0.3 is 14.4 Å². The average Bonchev–Trinajstić information content (AvgIpc) is 2.71. The Morgan fingerprint density at radius 3 is 2.47 bits per heavy atom. The maximum Gasteiger partial charge on any atom is 0.321 e. The molecule has 1 aromatic rings. The van der Waals surface area contributed by atoms with E-state index in [1.807, 2.05) is 0 Å². The van der Waals surface area contributed by atoms with Crippen molar-refractivity contribution in [1.82, 2.24) is 4.90 Å². The Balaban J connectivity index is 1.95. The predicted octanol–water partition coefficient (Wildman–Crippen LogP) is 3.64. The van der Waals surface area contributed by atoms with Gasteiger partial charge in [-0.05, 0) is 38.3 Å². The zero-order valence-electron chi connectivity index (χ0n) is 17.4. The first kappa shape index (κ1) is 23.3. The van der Waals surface area contributed by atoms with Crippen LogP contribution < -0.4 is 4.74 Å². The highest BCUT2D eigenvalue weighted by Crippen LogP contribution is 2.31. The predicted molar refractivity (Wildman–Crippen MR) is 108 cm³/mol. The molecule has 2 rings (SSSR count). The average molecular weight is 420 g/mol. The van der Waals surface area contributed by atoms with E-state index in [0.717, 1.165) is 32.1 Å². The molecule has 0 atom stereocenters. The van der Waals surface area contributed by atoms with Crippen molar-refractivity contribution in [2.45, 2.75) is 64.8 Å². The van der Waals surface area contributed by atoms with Gasteiger partial charge in [0.2, 0.25) is 5.91 Å². The molecule has 1 amide bonds. The van der Waals surface area contributed by atoms with Gasteiger partial charge in [-0.2, -0.15) is 0 Å². The van der Waals surface area contributed by atoms with Crippen LogP contribution in [0.3, 0.4) is 0 Å². The molecule has 1 fully saturated rings. The summed E-state index contributed by atoms with van der Waals surface area (Å²) >= 11 is 0. The van der Waals surface area contributed by atoms with E-state index < -0.39 is 16.7 Å². The van der Waals surface area contributed by atoms with Crippen LogP contribution in [-0.4, -0.2) is 46.9 Å². The van der Waals surface area contributed by atoms with Crippen LogP contribution in [0.25, 0.3) is 0 Å². The molecule has 0 aliphatic heterocycles. The number of hydrogen-bond acceptors (Lipinski definition) is 7. The lowest BCUT2D eigenvalue weighted by Crippen LogP contribution is -2.43. The summed E-state index contributed by atoms with van der Waals surface area (Å²) in [7, 11) is 0. The Morgan fingerprint density at radius 1 is 1.17 bits per heavy atom. The number of rotatable bonds is 10. The molecule has 164 valence electrons. The van der Waals surface area contributed by atoms with E-state index in [1.165, 1.54) is 32.0 Å². The maximum absolute atomic E-state index is 12.7. The number of hydrogen-bond donors (Lipinski definition) is 0. The topological polar surface area (TPSA) is 116 Å². The molecule has 1 aromatic carbocycles. The van der Waals surface area contributed by atoms with E-state index >= 15 is 0 Å². The van der Waals surface area contributed by atoms with E-state index in [-0.39, 0.29) is 48.7 Å². The second-order valence-corrected chi connectivity index (χ2v) is 7.34. The van der Waals surface area contributed by atoms with Gasteiger partial charge in [0.1, 0.15) is 0 Å². The Kier molecular flexibility index (Phi) is 8.76. The molecule has 0 unspecified atom stereocenters. The summed E-state index contributed by atoms with van der Waals surface area (Å²) in [5.74, 6) is -0.997. The Bertz CT molecular complexity index is 788. The Labute approximate surface area is 175 Å². The normalized spacial score (nSPS) is 14.1. The number of amides is 1. The number of nitro benzene ring substituents is 1. The fraction of sp³-hybridized carbons (Fsp3) is 0.571. The number of esters is 1. The zero-order chi connectivity index (χ0) is 22.1. The Morgan fingerprint density at radius 2 is 1.87 bits per heavy atom. The fourth-order valence-corrected chi connectivity index (χ4v) is 3.59. The SMILES string of the molecule is CC(=O)OCN(C(=O)CCCOc1cccc(C(C)=O)c1[N+](=O)[O-])C1CCCCC1.